The fourth-order valence-electron chi connectivity index (χ4n) is 2.07. The Morgan fingerprint density at radius 2 is 2.33 bits per heavy atom. The van der Waals surface area contributed by atoms with E-state index in [0.29, 0.717) is 12.0 Å². The van der Waals surface area contributed by atoms with E-state index >= 15 is 0 Å². The van der Waals surface area contributed by atoms with Gasteiger partial charge in [0.2, 0.25) is 5.95 Å². The first-order valence-corrected chi connectivity index (χ1v) is 7.00. The molecule has 18 heavy (non-hydrogen) atoms. The van der Waals surface area contributed by atoms with Crippen LogP contribution in [0, 0.1) is 6.92 Å². The van der Waals surface area contributed by atoms with E-state index < -0.39 is 0 Å². The van der Waals surface area contributed by atoms with Gasteiger partial charge in [0.1, 0.15) is 5.82 Å². The molecule has 1 aliphatic carbocycles. The zero-order valence-corrected chi connectivity index (χ0v) is 11.2. The maximum absolute atomic E-state index is 5.71. The Kier molecular flexibility index (Phi) is 2.91. The second kappa shape index (κ2) is 4.57. The minimum atomic E-state index is 0.354. The normalized spacial score (nSPS) is 14.7. The lowest BCUT2D eigenvalue weighted by Crippen LogP contribution is -2.26. The Morgan fingerprint density at radius 3 is 3.00 bits per heavy atom. The molecule has 2 aromatic heterocycles. The van der Waals surface area contributed by atoms with Crippen molar-refractivity contribution in [1.29, 1.82) is 0 Å². The van der Waals surface area contributed by atoms with Crippen LogP contribution in [0.1, 0.15) is 23.3 Å². The van der Waals surface area contributed by atoms with Gasteiger partial charge in [-0.3, -0.25) is 0 Å². The van der Waals surface area contributed by atoms with Crippen LogP contribution in [0.4, 0.5) is 11.8 Å². The van der Waals surface area contributed by atoms with Crippen molar-refractivity contribution in [1.82, 2.24) is 9.97 Å². The molecule has 0 unspecified atom stereocenters. The third-order valence-corrected chi connectivity index (χ3v) is 3.99. The highest BCUT2D eigenvalue weighted by molar-refractivity contribution is 7.09. The molecule has 0 aromatic carbocycles. The fourth-order valence-corrected chi connectivity index (χ4v) is 2.77. The first-order chi connectivity index (χ1) is 8.74. The van der Waals surface area contributed by atoms with Gasteiger partial charge in [-0.25, -0.2) is 4.98 Å². The van der Waals surface area contributed by atoms with E-state index in [1.54, 1.807) is 11.3 Å². The number of aromatic nitrogens is 2. The summed E-state index contributed by atoms with van der Waals surface area (Å²) in [6.07, 6.45) is 4.30. The van der Waals surface area contributed by atoms with Gasteiger partial charge in [-0.05, 0) is 31.2 Å². The summed E-state index contributed by atoms with van der Waals surface area (Å²) in [6.45, 7) is 2.96. The van der Waals surface area contributed by atoms with Crippen molar-refractivity contribution in [3.63, 3.8) is 0 Å². The predicted octanol–water partition coefficient (Wildman–Crippen LogP) is 2.60. The summed E-state index contributed by atoms with van der Waals surface area (Å²) in [5.74, 6) is 1.34. The standard InChI is InChI=1S/C13H16N4S/c1-9-7-15-13(14)16-12(9)17(10-4-5-10)8-11-3-2-6-18-11/h2-3,6-7,10H,4-5,8H2,1H3,(H2,14,15,16). The van der Waals surface area contributed by atoms with Crippen molar-refractivity contribution in [2.75, 3.05) is 10.6 Å². The van der Waals surface area contributed by atoms with Crippen LogP contribution in [0.3, 0.4) is 0 Å². The third kappa shape index (κ3) is 2.31. The molecule has 0 spiro atoms. The number of rotatable bonds is 4. The Hall–Kier alpha value is -1.62. The summed E-state index contributed by atoms with van der Waals surface area (Å²) in [6, 6.07) is 4.87. The lowest BCUT2D eigenvalue weighted by molar-refractivity contribution is 0.780. The van der Waals surface area contributed by atoms with Crippen LogP contribution in [0.2, 0.25) is 0 Å². The molecule has 0 saturated heterocycles. The van der Waals surface area contributed by atoms with Crippen molar-refractivity contribution in [2.45, 2.75) is 32.4 Å². The molecule has 4 nitrogen and oxygen atoms in total. The zero-order valence-electron chi connectivity index (χ0n) is 10.3. The maximum atomic E-state index is 5.71. The number of hydrogen-bond donors (Lipinski definition) is 1. The van der Waals surface area contributed by atoms with Crippen LogP contribution in [-0.4, -0.2) is 16.0 Å². The number of anilines is 2. The van der Waals surface area contributed by atoms with Crippen LogP contribution in [0.25, 0.3) is 0 Å². The van der Waals surface area contributed by atoms with Gasteiger partial charge in [-0.2, -0.15) is 4.98 Å². The van der Waals surface area contributed by atoms with Crippen molar-refractivity contribution >= 4 is 23.1 Å². The molecule has 1 aliphatic rings. The topological polar surface area (TPSA) is 55.0 Å². The number of nitrogens with zero attached hydrogens (tertiary/aromatic N) is 3. The molecule has 0 aliphatic heterocycles. The number of nitrogens with two attached hydrogens (primary N) is 1. The van der Waals surface area contributed by atoms with Gasteiger partial charge in [-0.1, -0.05) is 6.07 Å². The van der Waals surface area contributed by atoms with Gasteiger partial charge < -0.3 is 10.6 Å². The molecule has 2 N–H and O–H groups in total. The second-order valence-corrected chi connectivity index (χ2v) is 5.71. The maximum Gasteiger partial charge on any atom is 0.221 e. The lowest BCUT2D eigenvalue weighted by Gasteiger charge is -2.24. The van der Waals surface area contributed by atoms with Crippen LogP contribution < -0.4 is 10.6 Å². The molecule has 1 fully saturated rings. The summed E-state index contributed by atoms with van der Waals surface area (Å²) >= 11 is 1.78. The molecule has 0 atom stereocenters. The zero-order chi connectivity index (χ0) is 12.5. The monoisotopic (exact) mass is 260 g/mol. The van der Waals surface area contributed by atoms with E-state index in [2.05, 4.69) is 32.4 Å². The van der Waals surface area contributed by atoms with Crippen LogP contribution in [0.15, 0.2) is 23.7 Å². The summed E-state index contributed by atoms with van der Waals surface area (Å²) in [5, 5.41) is 2.11. The van der Waals surface area contributed by atoms with Crippen molar-refractivity contribution in [2.24, 2.45) is 0 Å². The number of nitrogen functional groups attached to an aromatic ring is 1. The SMILES string of the molecule is Cc1cnc(N)nc1N(Cc1cccs1)C1CC1. The summed E-state index contributed by atoms with van der Waals surface area (Å²) < 4.78 is 0. The summed E-state index contributed by atoms with van der Waals surface area (Å²) in [4.78, 5) is 12.2. The van der Waals surface area contributed by atoms with Crippen LogP contribution in [0.5, 0.6) is 0 Å². The molecule has 1 saturated carbocycles. The molecule has 3 rings (SSSR count). The van der Waals surface area contributed by atoms with E-state index in [4.69, 9.17) is 5.73 Å². The van der Waals surface area contributed by atoms with Crippen molar-refractivity contribution < 1.29 is 0 Å². The fraction of sp³-hybridized carbons (Fsp3) is 0.385. The average Bonchev–Trinajstić information content (AvgIpc) is 3.07. The number of thiophene rings is 1. The molecular weight excluding hydrogens is 244 g/mol. The molecule has 5 heteroatoms. The Balaban J connectivity index is 1.91. The van der Waals surface area contributed by atoms with E-state index in [-0.39, 0.29) is 0 Å². The van der Waals surface area contributed by atoms with Gasteiger partial charge in [0.25, 0.3) is 0 Å². The molecular formula is C13H16N4S. The minimum absolute atomic E-state index is 0.354. The van der Waals surface area contributed by atoms with E-state index in [9.17, 15) is 0 Å². The van der Waals surface area contributed by atoms with Gasteiger partial charge in [0.15, 0.2) is 0 Å². The smallest absolute Gasteiger partial charge is 0.221 e. The van der Waals surface area contributed by atoms with Crippen molar-refractivity contribution in [3.05, 3.63) is 34.2 Å². The molecule has 2 aromatic rings. The number of hydrogen-bond acceptors (Lipinski definition) is 5. The van der Waals surface area contributed by atoms with E-state index in [0.717, 1.165) is 17.9 Å². The second-order valence-electron chi connectivity index (χ2n) is 4.67. The van der Waals surface area contributed by atoms with Crippen molar-refractivity contribution in [3.8, 4) is 0 Å². The molecule has 0 amide bonds. The van der Waals surface area contributed by atoms with Gasteiger partial charge in [0.05, 0.1) is 6.54 Å². The molecule has 0 radical (unpaired) electrons. The Morgan fingerprint density at radius 1 is 1.50 bits per heavy atom. The van der Waals surface area contributed by atoms with E-state index in [1.807, 2.05) is 13.1 Å². The van der Waals surface area contributed by atoms with Gasteiger partial charge in [0, 0.05) is 22.7 Å². The van der Waals surface area contributed by atoms with E-state index in [1.165, 1.54) is 17.7 Å². The highest BCUT2D eigenvalue weighted by Gasteiger charge is 2.31. The molecule has 94 valence electrons. The Labute approximate surface area is 110 Å². The lowest BCUT2D eigenvalue weighted by atomic mass is 10.3. The minimum Gasteiger partial charge on any atom is -0.368 e. The average molecular weight is 260 g/mol. The largest absolute Gasteiger partial charge is 0.368 e. The highest BCUT2D eigenvalue weighted by Crippen LogP contribution is 2.34. The van der Waals surface area contributed by atoms with Crippen LogP contribution in [-0.2, 0) is 6.54 Å². The predicted molar refractivity (Wildman–Crippen MR) is 74.7 cm³/mol. The highest BCUT2D eigenvalue weighted by atomic mass is 32.1. The van der Waals surface area contributed by atoms with Crippen LogP contribution >= 0.6 is 11.3 Å². The Bertz CT molecular complexity index is 534. The summed E-state index contributed by atoms with van der Waals surface area (Å²) in [7, 11) is 0. The molecule has 2 heterocycles. The number of aryl methyl sites for hydroxylation is 1. The first-order valence-electron chi connectivity index (χ1n) is 6.12. The third-order valence-electron chi connectivity index (χ3n) is 3.13. The van der Waals surface area contributed by atoms with Gasteiger partial charge in [-0.15, -0.1) is 11.3 Å². The van der Waals surface area contributed by atoms with Gasteiger partial charge >= 0.3 is 0 Å². The molecule has 0 bridgehead atoms. The first kappa shape index (κ1) is 11.5. The quantitative estimate of drug-likeness (QED) is 0.918. The summed E-state index contributed by atoms with van der Waals surface area (Å²) in [5.41, 5.74) is 6.80.